The van der Waals surface area contributed by atoms with Crippen LogP contribution < -0.4 is 4.90 Å². The van der Waals surface area contributed by atoms with E-state index in [4.69, 9.17) is 9.78 Å². The van der Waals surface area contributed by atoms with Crippen molar-refractivity contribution in [1.29, 1.82) is 0 Å². The van der Waals surface area contributed by atoms with Crippen LogP contribution in [0.3, 0.4) is 0 Å². The molecule has 0 radical (unpaired) electrons. The molecule has 1 aliphatic heterocycles. The molecule has 0 atom stereocenters. The van der Waals surface area contributed by atoms with Crippen LogP contribution in [0.4, 0.5) is 5.69 Å². The van der Waals surface area contributed by atoms with Crippen LogP contribution in [0.5, 0.6) is 0 Å². The van der Waals surface area contributed by atoms with Crippen molar-refractivity contribution in [3.63, 3.8) is 0 Å². The van der Waals surface area contributed by atoms with Gasteiger partial charge in [0, 0.05) is 11.6 Å². The zero-order valence-electron chi connectivity index (χ0n) is 16.4. The van der Waals surface area contributed by atoms with Crippen LogP contribution in [-0.4, -0.2) is 17.8 Å². The minimum absolute atomic E-state index is 0.0609. The molecule has 0 unspecified atom stereocenters. The molecule has 0 saturated carbocycles. The molecule has 0 aromatic heterocycles. The average molecular weight is 395 g/mol. The summed E-state index contributed by atoms with van der Waals surface area (Å²) in [5.74, 6) is -1.38. The molecule has 0 aliphatic carbocycles. The standard InChI is InChI=1S/C22H21NO6/c1-15-13-19(24)23(21(15)26)18-11-9-16(10-12-18)14-20(25)27-29-28-22(2,3)17-7-5-4-6-8-17/h4-13H,14H2,1-3H3. The lowest BCUT2D eigenvalue weighted by Crippen LogP contribution is -2.30. The first-order valence-electron chi connectivity index (χ1n) is 9.04. The number of imide groups is 1. The molecule has 150 valence electrons. The Balaban J connectivity index is 1.51. The van der Waals surface area contributed by atoms with E-state index in [0.717, 1.165) is 10.5 Å². The van der Waals surface area contributed by atoms with Gasteiger partial charge in [-0.05, 0) is 49.1 Å². The van der Waals surface area contributed by atoms with Crippen LogP contribution in [0.25, 0.3) is 0 Å². The van der Waals surface area contributed by atoms with Crippen LogP contribution in [-0.2, 0) is 41.2 Å². The third-order valence-electron chi connectivity index (χ3n) is 4.48. The van der Waals surface area contributed by atoms with Crippen LogP contribution in [0, 0.1) is 0 Å². The molecule has 7 nitrogen and oxygen atoms in total. The second kappa shape index (κ2) is 8.38. The van der Waals surface area contributed by atoms with Gasteiger partial charge in [-0.1, -0.05) is 42.5 Å². The number of amides is 2. The van der Waals surface area contributed by atoms with Gasteiger partial charge in [0.15, 0.2) is 0 Å². The highest BCUT2D eigenvalue weighted by Crippen LogP contribution is 2.25. The molecule has 0 N–H and O–H groups in total. The fourth-order valence-electron chi connectivity index (χ4n) is 2.82. The Labute approximate surface area is 168 Å². The summed E-state index contributed by atoms with van der Waals surface area (Å²) in [6.45, 7) is 5.16. The number of carbonyl (C=O) groups is 3. The van der Waals surface area contributed by atoms with E-state index in [9.17, 15) is 14.4 Å². The highest BCUT2D eigenvalue weighted by atomic mass is 17.5. The van der Waals surface area contributed by atoms with E-state index in [0.29, 0.717) is 16.8 Å². The first kappa shape index (κ1) is 20.4. The smallest absolute Gasteiger partial charge is 0.269 e. The first-order chi connectivity index (χ1) is 13.8. The maximum atomic E-state index is 12.0. The number of rotatable bonds is 7. The zero-order valence-corrected chi connectivity index (χ0v) is 16.4. The molecule has 0 fully saturated rings. The Morgan fingerprint density at radius 3 is 2.24 bits per heavy atom. The molecule has 7 heteroatoms. The van der Waals surface area contributed by atoms with Crippen molar-refractivity contribution in [2.24, 2.45) is 0 Å². The molecule has 1 aliphatic rings. The Morgan fingerprint density at radius 2 is 1.66 bits per heavy atom. The van der Waals surface area contributed by atoms with Gasteiger partial charge in [-0.2, -0.15) is 4.89 Å². The molecule has 2 aromatic rings. The van der Waals surface area contributed by atoms with Crippen LogP contribution in [0.2, 0.25) is 0 Å². The van der Waals surface area contributed by atoms with E-state index >= 15 is 0 Å². The molecule has 0 bridgehead atoms. The van der Waals surface area contributed by atoms with Crippen molar-refractivity contribution in [3.8, 4) is 0 Å². The van der Waals surface area contributed by atoms with Gasteiger partial charge in [0.25, 0.3) is 11.8 Å². The van der Waals surface area contributed by atoms with Crippen molar-refractivity contribution in [3.05, 3.63) is 77.4 Å². The number of anilines is 1. The van der Waals surface area contributed by atoms with Gasteiger partial charge in [-0.3, -0.25) is 14.5 Å². The third-order valence-corrected chi connectivity index (χ3v) is 4.48. The minimum atomic E-state index is -0.801. The maximum absolute atomic E-state index is 12.0. The van der Waals surface area contributed by atoms with Gasteiger partial charge < -0.3 is 0 Å². The number of benzene rings is 2. The molecule has 0 spiro atoms. The van der Waals surface area contributed by atoms with Crippen LogP contribution in [0.15, 0.2) is 66.2 Å². The van der Waals surface area contributed by atoms with Gasteiger partial charge in [0.1, 0.15) is 5.60 Å². The molecule has 2 aromatic carbocycles. The SMILES string of the molecule is CC1=CC(=O)N(c2ccc(CC(=O)OOOC(C)(C)c3ccccc3)cc2)C1=O. The molecular weight excluding hydrogens is 374 g/mol. The highest BCUT2D eigenvalue weighted by Gasteiger charge is 2.29. The van der Waals surface area contributed by atoms with Crippen molar-refractivity contribution in [2.45, 2.75) is 32.8 Å². The van der Waals surface area contributed by atoms with Gasteiger partial charge in [-0.25, -0.2) is 9.69 Å². The molecule has 29 heavy (non-hydrogen) atoms. The molecule has 2 amide bonds. The lowest BCUT2D eigenvalue weighted by Gasteiger charge is -2.22. The first-order valence-corrected chi connectivity index (χ1v) is 9.04. The Bertz CT molecular complexity index is 947. The molecular formula is C22H21NO6. The summed E-state index contributed by atoms with van der Waals surface area (Å²) in [7, 11) is 0. The number of hydrogen-bond acceptors (Lipinski definition) is 6. The van der Waals surface area contributed by atoms with Gasteiger partial charge in [-0.15, -0.1) is 0 Å². The molecule has 1 heterocycles. The van der Waals surface area contributed by atoms with Crippen LogP contribution >= 0.6 is 0 Å². The number of carbonyl (C=O) groups excluding carboxylic acids is 3. The summed E-state index contributed by atoms with van der Waals surface area (Å²) in [4.78, 5) is 46.9. The Morgan fingerprint density at radius 1 is 1.00 bits per heavy atom. The molecule has 3 rings (SSSR count). The van der Waals surface area contributed by atoms with Crippen LogP contribution in [0.1, 0.15) is 31.9 Å². The van der Waals surface area contributed by atoms with Gasteiger partial charge in [0.2, 0.25) is 0 Å². The number of nitrogens with zero attached hydrogens (tertiary/aromatic N) is 1. The topological polar surface area (TPSA) is 82.1 Å². The monoisotopic (exact) mass is 395 g/mol. The van der Waals surface area contributed by atoms with Gasteiger partial charge >= 0.3 is 5.97 Å². The van der Waals surface area contributed by atoms with Crippen molar-refractivity contribution in [1.82, 2.24) is 0 Å². The zero-order chi connectivity index (χ0) is 21.0. The van der Waals surface area contributed by atoms with E-state index in [1.165, 1.54) is 6.08 Å². The normalized spacial score (nSPS) is 14.2. The lowest BCUT2D eigenvalue weighted by atomic mass is 9.99. The van der Waals surface area contributed by atoms with Gasteiger partial charge in [0.05, 0.1) is 12.1 Å². The van der Waals surface area contributed by atoms with E-state index in [2.05, 4.69) is 5.04 Å². The summed E-state index contributed by atoms with van der Waals surface area (Å²) in [5, 5.41) is 4.68. The van der Waals surface area contributed by atoms with E-state index in [1.54, 1.807) is 45.0 Å². The fourth-order valence-corrected chi connectivity index (χ4v) is 2.82. The number of hydrogen-bond donors (Lipinski definition) is 0. The van der Waals surface area contributed by atoms with E-state index < -0.39 is 11.6 Å². The van der Waals surface area contributed by atoms with Crippen molar-refractivity contribution in [2.75, 3.05) is 4.90 Å². The van der Waals surface area contributed by atoms with E-state index in [-0.39, 0.29) is 18.2 Å². The summed E-state index contributed by atoms with van der Waals surface area (Å²) >= 11 is 0. The second-order valence-electron chi connectivity index (χ2n) is 7.13. The summed E-state index contributed by atoms with van der Waals surface area (Å²) in [5.41, 5.74) is 1.52. The Hall–Kier alpha value is -3.29. The Kier molecular flexibility index (Phi) is 5.91. The minimum Gasteiger partial charge on any atom is -0.269 e. The molecule has 0 saturated heterocycles. The summed E-state index contributed by atoms with van der Waals surface area (Å²) in [6.07, 6.45) is 1.23. The fraction of sp³-hybridized carbons (Fsp3) is 0.227. The second-order valence-corrected chi connectivity index (χ2v) is 7.13. The maximum Gasteiger partial charge on any atom is 0.349 e. The average Bonchev–Trinajstić information content (AvgIpc) is 2.95. The summed E-state index contributed by atoms with van der Waals surface area (Å²) < 4.78 is 0. The van der Waals surface area contributed by atoms with E-state index in [1.807, 2.05) is 30.3 Å². The van der Waals surface area contributed by atoms with Crippen molar-refractivity contribution < 1.29 is 29.2 Å². The highest BCUT2D eigenvalue weighted by molar-refractivity contribution is 6.30. The quantitative estimate of drug-likeness (QED) is 0.406. The predicted molar refractivity (Wildman–Crippen MR) is 104 cm³/mol. The summed E-state index contributed by atoms with van der Waals surface area (Å²) in [6, 6.07) is 15.9. The van der Waals surface area contributed by atoms with Crippen molar-refractivity contribution >= 4 is 23.5 Å². The third kappa shape index (κ3) is 4.77. The largest absolute Gasteiger partial charge is 0.349 e. The predicted octanol–water partition coefficient (Wildman–Crippen LogP) is 3.39. The lowest BCUT2D eigenvalue weighted by molar-refractivity contribution is -0.520.